The molecule has 2 aromatic rings. The summed E-state index contributed by atoms with van der Waals surface area (Å²) in [7, 11) is 4.29. The molecule has 1 saturated heterocycles. The van der Waals surface area contributed by atoms with E-state index in [9.17, 15) is 18.7 Å². The lowest BCUT2D eigenvalue weighted by molar-refractivity contribution is -0.879. The molecule has 0 amide bonds. The molecule has 33 heavy (non-hydrogen) atoms. The molecule has 1 aliphatic heterocycles. The zero-order valence-electron chi connectivity index (χ0n) is 19.7. The van der Waals surface area contributed by atoms with Gasteiger partial charge in [0.2, 0.25) is 0 Å². The molecule has 0 aromatic heterocycles. The zero-order valence-corrected chi connectivity index (χ0v) is 20.6. The first-order valence-electron chi connectivity index (χ1n) is 11.6. The van der Waals surface area contributed by atoms with Gasteiger partial charge >= 0.3 is 5.97 Å². The number of ether oxygens (including phenoxy) is 1. The van der Waals surface area contributed by atoms with Crippen molar-refractivity contribution in [2.45, 2.75) is 55.6 Å². The normalized spacial score (nSPS) is 22.6. The number of nitrogens with zero attached hydrogens (tertiary/aromatic N) is 1. The van der Waals surface area contributed by atoms with E-state index in [1.165, 1.54) is 0 Å². The highest BCUT2D eigenvalue weighted by atomic mass is 32.2. The molecule has 1 heterocycles. The average molecular weight is 474 g/mol. The van der Waals surface area contributed by atoms with Gasteiger partial charge < -0.3 is 18.9 Å². The summed E-state index contributed by atoms with van der Waals surface area (Å²) in [6.45, 7) is 3.74. The molecule has 1 N–H and O–H groups in total. The van der Waals surface area contributed by atoms with Gasteiger partial charge in [-0.25, -0.2) is 4.79 Å². The van der Waals surface area contributed by atoms with Crippen LogP contribution >= 0.6 is 0 Å². The Labute approximate surface area is 199 Å². The third-order valence-electron chi connectivity index (χ3n) is 6.71. The summed E-state index contributed by atoms with van der Waals surface area (Å²) in [5.74, 6) is -0.496. The van der Waals surface area contributed by atoms with E-state index in [-0.39, 0.29) is 12.0 Å². The van der Waals surface area contributed by atoms with Gasteiger partial charge in [-0.3, -0.25) is 4.21 Å². The van der Waals surface area contributed by atoms with Crippen LogP contribution in [0.25, 0.3) is 0 Å². The molecule has 7 heteroatoms. The minimum absolute atomic E-state index is 0.0405. The van der Waals surface area contributed by atoms with E-state index in [4.69, 9.17) is 4.74 Å². The number of hydrogen-bond acceptors (Lipinski definition) is 5. The van der Waals surface area contributed by atoms with E-state index in [2.05, 4.69) is 14.1 Å². The molecule has 2 aromatic carbocycles. The number of quaternary nitrogens is 1. The number of likely N-dealkylation sites (N-methyl/N-ethyl adjacent to an activating group) is 1. The van der Waals surface area contributed by atoms with Gasteiger partial charge in [-0.05, 0) is 48.5 Å². The van der Waals surface area contributed by atoms with Crippen LogP contribution in [0, 0.1) is 12.8 Å². The molecule has 2 fully saturated rings. The summed E-state index contributed by atoms with van der Waals surface area (Å²) < 4.78 is 27.3. The lowest BCUT2D eigenvalue weighted by Gasteiger charge is -2.33. The van der Waals surface area contributed by atoms with E-state index in [0.29, 0.717) is 10.5 Å². The molecule has 6 nitrogen and oxygen atoms in total. The van der Waals surface area contributed by atoms with Crippen molar-refractivity contribution in [3.63, 3.8) is 0 Å². The van der Waals surface area contributed by atoms with Gasteiger partial charge in [0.05, 0.1) is 20.6 Å². The fraction of sp³-hybridized carbons (Fsp3) is 0.500. The number of aryl methyl sites for hydroxylation is 1. The van der Waals surface area contributed by atoms with Crippen molar-refractivity contribution in [1.82, 2.24) is 0 Å². The number of carbonyl (C=O) groups is 1. The van der Waals surface area contributed by atoms with Gasteiger partial charge in [-0.1, -0.05) is 60.9 Å². The molecule has 1 aliphatic carbocycles. The topological polar surface area (TPSA) is 86.7 Å². The van der Waals surface area contributed by atoms with E-state index in [0.717, 1.165) is 55.2 Å². The Bertz CT molecular complexity index is 941. The van der Waals surface area contributed by atoms with Gasteiger partial charge in [-0.15, -0.1) is 0 Å². The first kappa shape index (κ1) is 25.6. The van der Waals surface area contributed by atoms with Crippen molar-refractivity contribution in [3.05, 3.63) is 65.7 Å². The Balaban J connectivity index is 0.000000257. The minimum Gasteiger partial charge on any atom is -0.768 e. The maximum atomic E-state index is 12.9. The molecular formula is C26H35NO5S. The van der Waals surface area contributed by atoms with Crippen LogP contribution in [0.3, 0.4) is 0 Å². The number of carbonyl (C=O) groups excluding carboxylic acids is 1. The van der Waals surface area contributed by atoms with E-state index < -0.39 is 22.7 Å². The molecule has 1 saturated carbocycles. The predicted octanol–water partition coefficient (Wildman–Crippen LogP) is 3.69. The van der Waals surface area contributed by atoms with Gasteiger partial charge in [0.15, 0.2) is 11.7 Å². The van der Waals surface area contributed by atoms with Crippen LogP contribution in [-0.2, 0) is 26.2 Å². The Kier molecular flexibility index (Phi) is 8.45. The number of esters is 1. The Morgan fingerprint density at radius 3 is 2.18 bits per heavy atom. The highest BCUT2D eigenvalue weighted by molar-refractivity contribution is 7.79. The van der Waals surface area contributed by atoms with Crippen molar-refractivity contribution < 1.29 is 27.9 Å². The van der Waals surface area contributed by atoms with Crippen molar-refractivity contribution >= 4 is 17.0 Å². The summed E-state index contributed by atoms with van der Waals surface area (Å²) in [5.41, 5.74) is 0.232. The fourth-order valence-corrected chi connectivity index (χ4v) is 5.13. The SMILES string of the molecule is C[N+]1(C)CC[C@@H](OC(=O)[C@](O)(c2ccccc2)C2CCCC2)C1.Cc1ccc(S(=O)[O-])cc1. The van der Waals surface area contributed by atoms with E-state index in [1.54, 1.807) is 24.3 Å². The Morgan fingerprint density at radius 1 is 1.06 bits per heavy atom. The summed E-state index contributed by atoms with van der Waals surface area (Å²) in [5, 5.41) is 11.4. The average Bonchev–Trinajstić information content (AvgIpc) is 3.44. The summed E-state index contributed by atoms with van der Waals surface area (Å²) in [6, 6.07) is 16.0. The van der Waals surface area contributed by atoms with Crippen LogP contribution in [0.1, 0.15) is 43.2 Å². The molecule has 0 bridgehead atoms. The summed E-state index contributed by atoms with van der Waals surface area (Å²) >= 11 is -2.09. The van der Waals surface area contributed by atoms with Crippen molar-refractivity contribution in [1.29, 1.82) is 0 Å². The monoisotopic (exact) mass is 473 g/mol. The molecule has 3 atom stereocenters. The van der Waals surface area contributed by atoms with Crippen molar-refractivity contribution in [3.8, 4) is 0 Å². The van der Waals surface area contributed by atoms with Gasteiger partial charge in [0.25, 0.3) is 0 Å². The van der Waals surface area contributed by atoms with Crippen LogP contribution in [0.2, 0.25) is 0 Å². The van der Waals surface area contributed by atoms with Crippen molar-refractivity contribution in [2.24, 2.45) is 5.92 Å². The quantitative estimate of drug-likeness (QED) is 0.407. The molecule has 1 unspecified atom stereocenters. The van der Waals surface area contributed by atoms with Gasteiger partial charge in [0, 0.05) is 17.2 Å². The van der Waals surface area contributed by atoms with Crippen LogP contribution in [0.15, 0.2) is 59.5 Å². The van der Waals surface area contributed by atoms with Crippen LogP contribution in [-0.4, -0.2) is 57.6 Å². The van der Waals surface area contributed by atoms with Crippen LogP contribution < -0.4 is 0 Å². The van der Waals surface area contributed by atoms with Crippen molar-refractivity contribution in [2.75, 3.05) is 27.2 Å². The number of benzene rings is 2. The smallest absolute Gasteiger partial charge is 0.343 e. The lowest BCUT2D eigenvalue weighted by atomic mass is 9.80. The highest BCUT2D eigenvalue weighted by Crippen LogP contribution is 2.42. The predicted molar refractivity (Wildman–Crippen MR) is 127 cm³/mol. The summed E-state index contributed by atoms with van der Waals surface area (Å²) in [4.78, 5) is 13.3. The maximum Gasteiger partial charge on any atom is 0.343 e. The van der Waals surface area contributed by atoms with E-state index >= 15 is 0 Å². The second-order valence-corrected chi connectivity index (χ2v) is 10.8. The number of likely N-dealkylation sites (tertiary alicyclic amines) is 1. The van der Waals surface area contributed by atoms with Gasteiger partial charge in [-0.2, -0.15) is 0 Å². The Hall–Kier alpha value is -2.06. The molecule has 2 aliphatic rings. The largest absolute Gasteiger partial charge is 0.768 e. The highest BCUT2D eigenvalue weighted by Gasteiger charge is 2.49. The van der Waals surface area contributed by atoms with Crippen LogP contribution in [0.4, 0.5) is 0 Å². The zero-order chi connectivity index (χ0) is 24.1. The molecule has 180 valence electrons. The molecule has 0 spiro atoms. The number of aliphatic hydroxyl groups is 1. The van der Waals surface area contributed by atoms with Crippen LogP contribution in [0.5, 0.6) is 0 Å². The number of rotatable bonds is 5. The second kappa shape index (κ2) is 10.9. The third kappa shape index (κ3) is 6.51. The third-order valence-corrected chi connectivity index (χ3v) is 7.37. The minimum atomic E-state index is -2.09. The molecule has 4 rings (SSSR count). The summed E-state index contributed by atoms with van der Waals surface area (Å²) in [6.07, 6.45) is 4.68. The standard InChI is InChI=1S/C19H28NO3.C7H8O2S/c1-20(2)13-12-17(14-20)23-18(21)19(22,16-10-6-7-11-16)15-8-4-3-5-9-15;1-6-2-4-7(5-3-6)10(8)9/h3-5,8-9,16-17,22H,6-7,10-14H2,1-2H3;2-5H,1H3,(H,8,9)/q+1;/p-1/t17-,19+;/m1./s1. The maximum absolute atomic E-state index is 12.9. The van der Waals surface area contributed by atoms with E-state index in [1.807, 2.05) is 37.3 Å². The molecular weight excluding hydrogens is 438 g/mol. The second-order valence-electron chi connectivity index (χ2n) is 9.82. The first-order chi connectivity index (χ1) is 15.6. The van der Waals surface area contributed by atoms with Gasteiger partial charge in [0.1, 0.15) is 6.54 Å². The Morgan fingerprint density at radius 2 is 1.67 bits per heavy atom. The first-order valence-corrected chi connectivity index (χ1v) is 12.7. The number of hydrogen-bond donors (Lipinski definition) is 1. The molecule has 0 radical (unpaired) electrons. The lowest BCUT2D eigenvalue weighted by Crippen LogP contribution is -2.46. The fourth-order valence-electron chi connectivity index (χ4n) is 4.77.